The summed E-state index contributed by atoms with van der Waals surface area (Å²) in [7, 11) is 0. The van der Waals surface area contributed by atoms with Crippen molar-refractivity contribution in [1.82, 2.24) is 0 Å². The highest BCUT2D eigenvalue weighted by Crippen LogP contribution is 2.56. The first-order valence-electron chi connectivity index (χ1n) is 35.1. The SMILES string of the molecule is Cc1ccc(N(c2ccccc2)c2cc3c(cc2N(c2ccccc2)c2ccc(C)cc2)c2cc(N(c4ccccc4)c4cccc(C)c4)c(N(c4ccccc4)c4ccc(C)cc4)cc2c2cc(N(c4ccccc4)c4cccc(C)c4)c(N(c4ccccc4)c4ccc(C)cc4)cc32)cc1. The molecule has 16 aromatic carbocycles. The Kier molecular flexibility index (Phi) is 17.4. The summed E-state index contributed by atoms with van der Waals surface area (Å²) in [5, 5.41) is 6.45. The number of nitrogens with zero attached hydrogens (tertiary/aromatic N) is 6. The highest BCUT2D eigenvalue weighted by Gasteiger charge is 2.31. The standard InChI is InChI=1S/C96H78N6/c1-67-43-51-79(52-44-67)97(73-29-13-7-14-30-73)91-61-85-86(62-92(91)98(74-31-15-8-16-32-74)80-53-45-68(2)46-54-80)89-65-95(101(77-37-21-11-22-38-77)83-41-25-27-71(5)59-83)94(100(76-35-19-10-20-36-76)82-57-49-70(4)50-58-82)64-88(89)90-66-96(102(78-39-23-12-24-40-78)84-42-26-28-72(6)60-84)93(63-87(85)90)99(75-33-17-9-18-34-75)81-55-47-69(3)48-56-81/h7-66H,1-6H3. The van der Waals surface area contributed by atoms with Gasteiger partial charge in [-0.2, -0.15) is 0 Å². The first kappa shape index (κ1) is 63.8. The summed E-state index contributed by atoms with van der Waals surface area (Å²) in [6.07, 6.45) is 0. The predicted octanol–water partition coefficient (Wildman–Crippen LogP) is 27.8. The molecular formula is C96H78N6. The first-order chi connectivity index (χ1) is 50.1. The van der Waals surface area contributed by atoms with Gasteiger partial charge < -0.3 is 29.4 Å². The Bertz CT molecular complexity index is 5490. The number of benzene rings is 16. The van der Waals surface area contributed by atoms with E-state index in [1.54, 1.807) is 0 Å². The van der Waals surface area contributed by atoms with E-state index in [-0.39, 0.29) is 0 Å². The molecule has 0 aliphatic heterocycles. The van der Waals surface area contributed by atoms with Gasteiger partial charge in [-0.1, -0.05) is 204 Å². The molecule has 16 aromatic rings. The molecule has 492 valence electrons. The fourth-order valence-electron chi connectivity index (χ4n) is 14.5. The molecule has 16 rings (SSSR count). The lowest BCUT2D eigenvalue weighted by atomic mass is 9.90. The van der Waals surface area contributed by atoms with E-state index < -0.39 is 0 Å². The third kappa shape index (κ3) is 12.5. The smallest absolute Gasteiger partial charge is 0.0709 e. The lowest BCUT2D eigenvalue weighted by molar-refractivity contribution is 1.22. The largest absolute Gasteiger partial charge is 0.308 e. The summed E-state index contributed by atoms with van der Waals surface area (Å²) in [6, 6.07) is 134. The summed E-state index contributed by atoms with van der Waals surface area (Å²) < 4.78 is 0. The van der Waals surface area contributed by atoms with Gasteiger partial charge in [-0.15, -0.1) is 0 Å². The van der Waals surface area contributed by atoms with E-state index in [1.807, 2.05) is 0 Å². The molecule has 0 radical (unpaired) electrons. The second kappa shape index (κ2) is 27.8. The molecule has 0 N–H and O–H groups in total. The van der Waals surface area contributed by atoms with Crippen LogP contribution in [-0.4, -0.2) is 0 Å². The van der Waals surface area contributed by atoms with Gasteiger partial charge in [0.25, 0.3) is 0 Å². The van der Waals surface area contributed by atoms with Crippen molar-refractivity contribution in [2.75, 3.05) is 29.4 Å². The Morgan fingerprint density at radius 3 is 0.461 bits per heavy atom. The third-order valence-corrected chi connectivity index (χ3v) is 19.4. The summed E-state index contributed by atoms with van der Waals surface area (Å²) in [5.41, 5.74) is 25.4. The molecule has 0 unspecified atom stereocenters. The highest BCUT2D eigenvalue weighted by molar-refractivity contribution is 6.30. The maximum Gasteiger partial charge on any atom is 0.0709 e. The van der Waals surface area contributed by atoms with Crippen LogP contribution in [0.5, 0.6) is 0 Å². The molecule has 0 heterocycles. The van der Waals surface area contributed by atoms with E-state index in [0.717, 1.165) is 146 Å². The van der Waals surface area contributed by atoms with Crippen molar-refractivity contribution < 1.29 is 0 Å². The molecule has 102 heavy (non-hydrogen) atoms. The number of anilines is 18. The zero-order valence-electron chi connectivity index (χ0n) is 58.3. The average molecular weight is 1320 g/mol. The molecule has 0 bridgehead atoms. The molecule has 0 spiro atoms. The highest BCUT2D eigenvalue weighted by atomic mass is 15.2. The number of fused-ring (bicyclic) bond motifs is 6. The van der Waals surface area contributed by atoms with E-state index in [2.05, 4.69) is 435 Å². The van der Waals surface area contributed by atoms with Crippen molar-refractivity contribution in [2.24, 2.45) is 0 Å². The minimum atomic E-state index is 0.995. The minimum absolute atomic E-state index is 0.995. The van der Waals surface area contributed by atoms with Gasteiger partial charge in [0, 0.05) is 68.2 Å². The van der Waals surface area contributed by atoms with Crippen LogP contribution in [0.2, 0.25) is 0 Å². The Morgan fingerprint density at radius 2 is 0.284 bits per heavy atom. The zero-order valence-corrected chi connectivity index (χ0v) is 58.3. The maximum atomic E-state index is 2.51. The van der Waals surface area contributed by atoms with Crippen molar-refractivity contribution in [2.45, 2.75) is 41.5 Å². The van der Waals surface area contributed by atoms with E-state index >= 15 is 0 Å². The van der Waals surface area contributed by atoms with E-state index in [4.69, 9.17) is 0 Å². The second-order valence-electron chi connectivity index (χ2n) is 26.7. The topological polar surface area (TPSA) is 19.4 Å². The molecule has 0 atom stereocenters. The van der Waals surface area contributed by atoms with Crippen molar-refractivity contribution in [3.05, 3.63) is 397 Å². The summed E-state index contributed by atoms with van der Waals surface area (Å²) >= 11 is 0. The molecule has 0 fully saturated rings. The van der Waals surface area contributed by atoms with Crippen molar-refractivity contribution in [3.8, 4) is 0 Å². The second-order valence-corrected chi connectivity index (χ2v) is 26.7. The Morgan fingerprint density at radius 1 is 0.127 bits per heavy atom. The van der Waals surface area contributed by atoms with E-state index in [0.29, 0.717) is 0 Å². The molecule has 6 heteroatoms. The van der Waals surface area contributed by atoms with Gasteiger partial charge in [0.15, 0.2) is 0 Å². The van der Waals surface area contributed by atoms with Gasteiger partial charge >= 0.3 is 0 Å². The molecule has 0 aliphatic carbocycles. The summed E-state index contributed by atoms with van der Waals surface area (Å²) in [5.74, 6) is 0. The van der Waals surface area contributed by atoms with Crippen LogP contribution in [0, 0.1) is 41.5 Å². The van der Waals surface area contributed by atoms with Crippen LogP contribution in [0.25, 0.3) is 32.3 Å². The molecule has 0 saturated heterocycles. The van der Waals surface area contributed by atoms with Crippen molar-refractivity contribution in [1.29, 1.82) is 0 Å². The van der Waals surface area contributed by atoms with Crippen LogP contribution < -0.4 is 29.4 Å². The summed E-state index contributed by atoms with van der Waals surface area (Å²) in [4.78, 5) is 14.8. The molecule has 0 saturated carbocycles. The Labute approximate surface area is 599 Å². The number of rotatable bonds is 18. The predicted molar refractivity (Wildman–Crippen MR) is 435 cm³/mol. The molecule has 0 aliphatic rings. The van der Waals surface area contributed by atoms with Crippen LogP contribution in [0.1, 0.15) is 33.4 Å². The lowest BCUT2D eigenvalue weighted by Crippen LogP contribution is -2.18. The summed E-state index contributed by atoms with van der Waals surface area (Å²) in [6.45, 7) is 13.0. The third-order valence-electron chi connectivity index (χ3n) is 19.4. The molecule has 0 amide bonds. The Hall–Kier alpha value is -12.9. The fraction of sp³-hybridized carbons (Fsp3) is 0.0625. The monoisotopic (exact) mass is 1310 g/mol. The number of hydrogen-bond donors (Lipinski definition) is 0. The fourth-order valence-corrected chi connectivity index (χ4v) is 14.5. The van der Waals surface area contributed by atoms with E-state index in [1.165, 1.54) is 22.3 Å². The molecule has 6 nitrogen and oxygen atoms in total. The van der Waals surface area contributed by atoms with Gasteiger partial charge in [0.1, 0.15) is 0 Å². The van der Waals surface area contributed by atoms with Crippen LogP contribution in [0.15, 0.2) is 364 Å². The molecular weight excluding hydrogens is 1240 g/mol. The van der Waals surface area contributed by atoms with Gasteiger partial charge in [-0.25, -0.2) is 0 Å². The normalized spacial score (nSPS) is 11.2. The van der Waals surface area contributed by atoms with Gasteiger partial charge in [-0.3, -0.25) is 0 Å². The van der Waals surface area contributed by atoms with Gasteiger partial charge in [0.05, 0.1) is 34.1 Å². The van der Waals surface area contributed by atoms with Crippen LogP contribution in [0.4, 0.5) is 102 Å². The maximum absolute atomic E-state index is 2.51. The number of para-hydroxylation sites is 6. The zero-order chi connectivity index (χ0) is 69.2. The number of hydrogen-bond acceptors (Lipinski definition) is 6. The van der Waals surface area contributed by atoms with Crippen molar-refractivity contribution in [3.63, 3.8) is 0 Å². The first-order valence-corrected chi connectivity index (χ1v) is 35.1. The number of aryl methyl sites for hydroxylation is 6. The van der Waals surface area contributed by atoms with Crippen molar-refractivity contribution >= 4 is 135 Å². The van der Waals surface area contributed by atoms with Crippen LogP contribution in [0.3, 0.4) is 0 Å². The van der Waals surface area contributed by atoms with E-state index in [9.17, 15) is 0 Å². The average Bonchev–Trinajstić information content (AvgIpc) is 0.706. The van der Waals surface area contributed by atoms with Gasteiger partial charge in [0.2, 0.25) is 0 Å². The molecule has 0 aromatic heterocycles. The lowest BCUT2D eigenvalue weighted by Gasteiger charge is -2.36. The van der Waals surface area contributed by atoms with Crippen LogP contribution >= 0.6 is 0 Å². The van der Waals surface area contributed by atoms with Gasteiger partial charge in [-0.05, 0) is 267 Å². The minimum Gasteiger partial charge on any atom is -0.308 e. The quantitative estimate of drug-likeness (QED) is 0.0792. The van der Waals surface area contributed by atoms with Crippen LogP contribution in [-0.2, 0) is 0 Å². The Balaban J connectivity index is 1.17.